The van der Waals surface area contributed by atoms with Gasteiger partial charge < -0.3 is 5.32 Å². The summed E-state index contributed by atoms with van der Waals surface area (Å²) < 4.78 is 39.5. The number of hydrogen-bond donors (Lipinski definition) is 1. The second-order valence-corrected chi connectivity index (χ2v) is 7.94. The third kappa shape index (κ3) is 4.64. The van der Waals surface area contributed by atoms with E-state index in [2.05, 4.69) is 10.2 Å². The molecule has 1 unspecified atom stereocenters. The van der Waals surface area contributed by atoms with Gasteiger partial charge in [-0.25, -0.2) is 17.1 Å². The van der Waals surface area contributed by atoms with Crippen LogP contribution in [0.5, 0.6) is 0 Å². The zero-order valence-electron chi connectivity index (χ0n) is 12.9. The van der Waals surface area contributed by atoms with Crippen LogP contribution in [-0.2, 0) is 15.8 Å². The molecule has 5 nitrogen and oxygen atoms in total. The minimum absolute atomic E-state index is 0. The number of halogens is 2. The summed E-state index contributed by atoms with van der Waals surface area (Å²) in [6.45, 7) is 5.06. The molecule has 1 atom stereocenters. The van der Waals surface area contributed by atoms with E-state index in [0.29, 0.717) is 24.7 Å². The lowest BCUT2D eigenvalue weighted by Gasteiger charge is -2.32. The molecule has 2 aliphatic heterocycles. The Hall–Kier alpha value is -0.730. The average molecular weight is 364 g/mol. The first kappa shape index (κ1) is 18.6. The van der Waals surface area contributed by atoms with E-state index in [1.54, 1.807) is 4.31 Å². The molecule has 1 aromatic rings. The van der Waals surface area contributed by atoms with Gasteiger partial charge in [-0.2, -0.15) is 0 Å². The van der Waals surface area contributed by atoms with Crippen LogP contribution in [0.1, 0.15) is 12.0 Å². The van der Waals surface area contributed by atoms with E-state index in [9.17, 15) is 12.8 Å². The predicted molar refractivity (Wildman–Crippen MR) is 90.7 cm³/mol. The largest absolute Gasteiger partial charge is 0.314 e. The molecule has 130 valence electrons. The van der Waals surface area contributed by atoms with Crippen LogP contribution in [-0.4, -0.2) is 62.9 Å². The van der Waals surface area contributed by atoms with Crippen molar-refractivity contribution < 1.29 is 12.8 Å². The van der Waals surface area contributed by atoms with Crippen LogP contribution in [0, 0.1) is 5.82 Å². The van der Waals surface area contributed by atoms with Gasteiger partial charge in [-0.15, -0.1) is 12.4 Å². The fraction of sp³-hybridized carbons (Fsp3) is 0.600. The Morgan fingerprint density at radius 2 is 1.78 bits per heavy atom. The number of sulfonamides is 1. The number of nitrogens with one attached hydrogen (secondary N) is 1. The maximum Gasteiger partial charge on any atom is 0.218 e. The van der Waals surface area contributed by atoms with Gasteiger partial charge in [0.25, 0.3) is 0 Å². The van der Waals surface area contributed by atoms with E-state index in [-0.39, 0.29) is 24.0 Å². The number of hydrogen-bond acceptors (Lipinski definition) is 4. The van der Waals surface area contributed by atoms with Gasteiger partial charge in [0.05, 0.1) is 5.75 Å². The molecule has 0 bridgehead atoms. The van der Waals surface area contributed by atoms with Crippen molar-refractivity contribution >= 4 is 22.4 Å². The lowest BCUT2D eigenvalue weighted by molar-refractivity contribution is 0.179. The topological polar surface area (TPSA) is 52.7 Å². The van der Waals surface area contributed by atoms with E-state index in [4.69, 9.17) is 0 Å². The Morgan fingerprint density at radius 1 is 1.13 bits per heavy atom. The summed E-state index contributed by atoms with van der Waals surface area (Å²) in [7, 11) is -3.33. The molecule has 0 aromatic heterocycles. The van der Waals surface area contributed by atoms with Gasteiger partial charge >= 0.3 is 0 Å². The van der Waals surface area contributed by atoms with Crippen molar-refractivity contribution in [1.82, 2.24) is 14.5 Å². The van der Waals surface area contributed by atoms with Gasteiger partial charge in [-0.05, 0) is 24.1 Å². The third-order valence-electron chi connectivity index (χ3n) is 4.45. The van der Waals surface area contributed by atoms with E-state index in [0.717, 1.165) is 32.6 Å². The highest BCUT2D eigenvalue weighted by molar-refractivity contribution is 7.88. The zero-order chi connectivity index (χ0) is 15.6. The number of benzene rings is 1. The van der Waals surface area contributed by atoms with Crippen LogP contribution in [0.15, 0.2) is 24.3 Å². The second-order valence-electron chi connectivity index (χ2n) is 5.97. The van der Waals surface area contributed by atoms with E-state index < -0.39 is 10.0 Å². The maximum atomic E-state index is 12.9. The molecular weight excluding hydrogens is 341 g/mol. The molecule has 0 saturated carbocycles. The lowest BCUT2D eigenvalue weighted by Crippen LogP contribution is -2.49. The fourth-order valence-electron chi connectivity index (χ4n) is 3.19. The molecular formula is C15H23ClFN3O2S. The minimum atomic E-state index is -3.33. The smallest absolute Gasteiger partial charge is 0.218 e. The van der Waals surface area contributed by atoms with Crippen LogP contribution >= 0.6 is 12.4 Å². The summed E-state index contributed by atoms with van der Waals surface area (Å²) in [5, 5.41) is 3.31. The van der Waals surface area contributed by atoms with Gasteiger partial charge in [-0.1, -0.05) is 12.1 Å². The SMILES string of the molecule is Cl.O=S(=O)(Cc1ccc(F)cc1)N1CCC(N2CCNCC2)C1. The van der Waals surface area contributed by atoms with E-state index in [1.807, 2.05) is 0 Å². The second kappa shape index (κ2) is 7.90. The molecule has 0 spiro atoms. The Morgan fingerprint density at radius 3 is 2.43 bits per heavy atom. The Balaban J connectivity index is 0.00000192. The van der Waals surface area contributed by atoms with Gasteiger partial charge in [0.15, 0.2) is 0 Å². The van der Waals surface area contributed by atoms with Crippen LogP contribution in [0.2, 0.25) is 0 Å². The molecule has 8 heteroatoms. The Kier molecular flexibility index (Phi) is 6.39. The van der Waals surface area contributed by atoms with Crippen molar-refractivity contribution in [1.29, 1.82) is 0 Å². The van der Waals surface area contributed by atoms with E-state index in [1.165, 1.54) is 24.3 Å². The molecule has 0 amide bonds. The molecule has 23 heavy (non-hydrogen) atoms. The summed E-state index contributed by atoms with van der Waals surface area (Å²) in [5.74, 6) is -0.400. The fourth-order valence-corrected chi connectivity index (χ4v) is 4.77. The van der Waals surface area contributed by atoms with Crippen LogP contribution in [0.4, 0.5) is 4.39 Å². The molecule has 2 aliphatic rings. The lowest BCUT2D eigenvalue weighted by atomic mass is 10.2. The quantitative estimate of drug-likeness (QED) is 0.869. The molecule has 0 radical (unpaired) electrons. The van der Waals surface area contributed by atoms with Gasteiger partial charge in [0.2, 0.25) is 10.0 Å². The highest BCUT2D eigenvalue weighted by Crippen LogP contribution is 2.21. The number of nitrogens with zero attached hydrogens (tertiary/aromatic N) is 2. The highest BCUT2D eigenvalue weighted by Gasteiger charge is 2.34. The summed E-state index contributed by atoms with van der Waals surface area (Å²) in [4.78, 5) is 2.38. The van der Waals surface area contributed by atoms with Crippen molar-refractivity contribution in [3.63, 3.8) is 0 Å². The predicted octanol–water partition coefficient (Wildman–Crippen LogP) is 1.06. The first-order valence-corrected chi connectivity index (χ1v) is 9.32. The summed E-state index contributed by atoms with van der Waals surface area (Å²) in [6, 6.07) is 6.01. The van der Waals surface area contributed by atoms with Gasteiger partial charge in [0.1, 0.15) is 5.82 Å². The maximum absolute atomic E-state index is 12.9. The Bertz CT molecular complexity index is 606. The molecule has 3 rings (SSSR count). The first-order chi connectivity index (χ1) is 10.5. The summed E-state index contributed by atoms with van der Waals surface area (Å²) >= 11 is 0. The number of piperazine rings is 1. The normalized spacial score (nSPS) is 23.6. The van der Waals surface area contributed by atoms with Crippen molar-refractivity contribution in [2.24, 2.45) is 0 Å². The Labute approximate surface area is 143 Å². The highest BCUT2D eigenvalue weighted by atomic mass is 35.5. The standard InChI is InChI=1S/C15H22FN3O2S.ClH/c16-14-3-1-13(2-4-14)12-22(20,21)19-8-5-15(11-19)18-9-6-17-7-10-18;/h1-4,15,17H,5-12H2;1H. The van der Waals surface area contributed by atoms with Crippen LogP contribution in [0.25, 0.3) is 0 Å². The first-order valence-electron chi connectivity index (χ1n) is 7.72. The third-order valence-corrected chi connectivity index (χ3v) is 6.27. The summed E-state index contributed by atoms with van der Waals surface area (Å²) in [5.41, 5.74) is 0.632. The molecule has 2 fully saturated rings. The van der Waals surface area contributed by atoms with Gasteiger partial charge in [-0.3, -0.25) is 4.90 Å². The van der Waals surface area contributed by atoms with Crippen molar-refractivity contribution in [2.45, 2.75) is 18.2 Å². The minimum Gasteiger partial charge on any atom is -0.314 e. The summed E-state index contributed by atoms with van der Waals surface area (Å²) in [6.07, 6.45) is 0.892. The van der Waals surface area contributed by atoms with Crippen molar-refractivity contribution in [3.05, 3.63) is 35.6 Å². The molecule has 1 N–H and O–H groups in total. The molecule has 0 aliphatic carbocycles. The van der Waals surface area contributed by atoms with E-state index >= 15 is 0 Å². The molecule has 2 heterocycles. The zero-order valence-corrected chi connectivity index (χ0v) is 14.6. The van der Waals surface area contributed by atoms with Crippen molar-refractivity contribution in [2.75, 3.05) is 39.3 Å². The van der Waals surface area contributed by atoms with Crippen LogP contribution in [0.3, 0.4) is 0 Å². The van der Waals surface area contributed by atoms with Crippen LogP contribution < -0.4 is 5.32 Å². The van der Waals surface area contributed by atoms with Gasteiger partial charge in [0, 0.05) is 45.3 Å². The molecule has 1 aromatic carbocycles. The molecule has 2 saturated heterocycles. The average Bonchev–Trinajstić information content (AvgIpc) is 3.01. The number of rotatable bonds is 4. The monoisotopic (exact) mass is 363 g/mol. The van der Waals surface area contributed by atoms with Crippen molar-refractivity contribution in [3.8, 4) is 0 Å².